The lowest BCUT2D eigenvalue weighted by atomic mass is 9.77. The Hall–Kier alpha value is -2.29. The van der Waals surface area contributed by atoms with Crippen LogP contribution in [0.3, 0.4) is 0 Å². The van der Waals surface area contributed by atoms with Gasteiger partial charge < -0.3 is 14.2 Å². The molecule has 4 rings (SSSR count). The number of piperidine rings is 1. The predicted molar refractivity (Wildman–Crippen MR) is 118 cm³/mol. The molecule has 2 aliphatic rings. The van der Waals surface area contributed by atoms with E-state index in [1.54, 1.807) is 0 Å². The van der Waals surface area contributed by atoms with Crippen LogP contribution in [0.25, 0.3) is 0 Å². The van der Waals surface area contributed by atoms with Crippen molar-refractivity contribution in [1.82, 2.24) is 0 Å². The Morgan fingerprint density at radius 2 is 1.45 bits per heavy atom. The summed E-state index contributed by atoms with van der Waals surface area (Å²) in [6.07, 6.45) is 2.27. The molecule has 2 aliphatic heterocycles. The molecule has 2 aromatic rings. The van der Waals surface area contributed by atoms with Gasteiger partial charge in [-0.2, -0.15) is 5.26 Å². The van der Waals surface area contributed by atoms with Crippen molar-refractivity contribution in [3.63, 3.8) is 0 Å². The van der Waals surface area contributed by atoms with Crippen molar-refractivity contribution in [2.75, 3.05) is 18.0 Å². The van der Waals surface area contributed by atoms with Gasteiger partial charge in [-0.25, -0.2) is 0 Å². The molecule has 0 bridgehead atoms. The SMILES string of the molecule is CC1(C)OB(c2ccc(C3CCN(c4ccc(C#N)cc4)CC3)cc2)OC1(C)C. The van der Waals surface area contributed by atoms with Crippen LogP contribution in [0.1, 0.15) is 57.6 Å². The zero-order valence-electron chi connectivity index (χ0n) is 17.8. The Morgan fingerprint density at radius 1 is 0.897 bits per heavy atom. The molecule has 0 unspecified atom stereocenters. The van der Waals surface area contributed by atoms with Gasteiger partial charge in [0.1, 0.15) is 0 Å². The summed E-state index contributed by atoms with van der Waals surface area (Å²) < 4.78 is 12.3. The van der Waals surface area contributed by atoms with Gasteiger partial charge in [-0.3, -0.25) is 0 Å². The summed E-state index contributed by atoms with van der Waals surface area (Å²) in [7, 11) is -0.299. The van der Waals surface area contributed by atoms with Crippen LogP contribution >= 0.6 is 0 Å². The molecule has 0 amide bonds. The first-order valence-electron chi connectivity index (χ1n) is 10.5. The number of benzene rings is 2. The van der Waals surface area contributed by atoms with Crippen molar-refractivity contribution < 1.29 is 9.31 Å². The normalized spacial score (nSPS) is 21.2. The molecular formula is C24H29BN2O2. The van der Waals surface area contributed by atoms with Crippen LogP contribution in [-0.4, -0.2) is 31.4 Å². The summed E-state index contributed by atoms with van der Waals surface area (Å²) in [4.78, 5) is 2.41. The maximum absolute atomic E-state index is 8.96. The van der Waals surface area contributed by atoms with Gasteiger partial charge in [0.25, 0.3) is 0 Å². The van der Waals surface area contributed by atoms with Gasteiger partial charge in [0.2, 0.25) is 0 Å². The summed E-state index contributed by atoms with van der Waals surface area (Å²) in [5.41, 5.74) is 3.78. The molecule has 150 valence electrons. The molecule has 0 spiro atoms. The average molecular weight is 388 g/mol. The summed E-state index contributed by atoms with van der Waals surface area (Å²) >= 11 is 0. The van der Waals surface area contributed by atoms with Crippen LogP contribution in [0.2, 0.25) is 0 Å². The summed E-state index contributed by atoms with van der Waals surface area (Å²) in [6, 6.07) is 18.9. The Kier molecular flexibility index (Phi) is 5.19. The van der Waals surface area contributed by atoms with Crippen molar-refractivity contribution >= 4 is 18.3 Å². The molecule has 5 heteroatoms. The molecule has 0 saturated carbocycles. The van der Waals surface area contributed by atoms with Crippen LogP contribution in [0.15, 0.2) is 48.5 Å². The van der Waals surface area contributed by atoms with E-state index in [-0.39, 0.29) is 18.3 Å². The van der Waals surface area contributed by atoms with Gasteiger partial charge in [0.15, 0.2) is 0 Å². The number of hydrogen-bond donors (Lipinski definition) is 0. The fourth-order valence-electron chi connectivity index (χ4n) is 4.12. The molecular weight excluding hydrogens is 359 g/mol. The Morgan fingerprint density at radius 3 is 1.97 bits per heavy atom. The lowest BCUT2D eigenvalue weighted by Crippen LogP contribution is -2.41. The Balaban J connectivity index is 1.38. The van der Waals surface area contributed by atoms with E-state index in [9.17, 15) is 0 Å². The van der Waals surface area contributed by atoms with E-state index in [2.05, 4.69) is 75.1 Å². The number of anilines is 1. The highest BCUT2D eigenvalue weighted by molar-refractivity contribution is 6.62. The van der Waals surface area contributed by atoms with Gasteiger partial charge >= 0.3 is 7.12 Å². The largest absolute Gasteiger partial charge is 0.494 e. The van der Waals surface area contributed by atoms with Gasteiger partial charge in [-0.15, -0.1) is 0 Å². The Labute approximate surface area is 174 Å². The number of rotatable bonds is 3. The van der Waals surface area contributed by atoms with Crippen LogP contribution in [-0.2, 0) is 9.31 Å². The van der Waals surface area contributed by atoms with Gasteiger partial charge in [-0.1, -0.05) is 24.3 Å². The van der Waals surface area contributed by atoms with Crippen molar-refractivity contribution in [2.24, 2.45) is 0 Å². The molecule has 2 fully saturated rings. The zero-order chi connectivity index (χ0) is 20.6. The van der Waals surface area contributed by atoms with E-state index >= 15 is 0 Å². The second-order valence-electron chi connectivity index (χ2n) is 9.17. The minimum absolute atomic E-state index is 0.299. The average Bonchev–Trinajstić information content (AvgIpc) is 2.95. The third-order valence-corrected chi connectivity index (χ3v) is 6.79. The second kappa shape index (κ2) is 7.52. The third kappa shape index (κ3) is 3.92. The minimum atomic E-state index is -0.311. The maximum Gasteiger partial charge on any atom is 0.494 e. The maximum atomic E-state index is 8.96. The molecule has 0 aromatic heterocycles. The fraction of sp³-hybridized carbons (Fsp3) is 0.458. The van der Waals surface area contributed by atoms with E-state index in [1.807, 2.05) is 12.1 Å². The monoisotopic (exact) mass is 388 g/mol. The third-order valence-electron chi connectivity index (χ3n) is 6.79. The van der Waals surface area contributed by atoms with Crippen LogP contribution in [0, 0.1) is 11.3 Å². The molecule has 2 aromatic carbocycles. The number of hydrogen-bond acceptors (Lipinski definition) is 4. The molecule has 2 heterocycles. The topological polar surface area (TPSA) is 45.5 Å². The molecule has 0 N–H and O–H groups in total. The van der Waals surface area contributed by atoms with Crippen molar-refractivity contribution in [3.8, 4) is 6.07 Å². The first-order chi connectivity index (χ1) is 13.8. The van der Waals surface area contributed by atoms with Crippen LogP contribution in [0.4, 0.5) is 5.69 Å². The number of nitriles is 1. The van der Waals surface area contributed by atoms with Crippen molar-refractivity contribution in [2.45, 2.75) is 57.7 Å². The quantitative estimate of drug-likeness (QED) is 0.738. The highest BCUT2D eigenvalue weighted by atomic mass is 16.7. The summed E-state index contributed by atoms with van der Waals surface area (Å²) in [5, 5.41) is 8.96. The summed E-state index contributed by atoms with van der Waals surface area (Å²) in [5.74, 6) is 0.581. The van der Waals surface area contributed by atoms with Crippen molar-refractivity contribution in [3.05, 3.63) is 59.7 Å². The highest BCUT2D eigenvalue weighted by Crippen LogP contribution is 2.37. The molecule has 0 radical (unpaired) electrons. The van der Waals surface area contributed by atoms with Gasteiger partial charge in [0.05, 0.1) is 22.8 Å². The van der Waals surface area contributed by atoms with Gasteiger partial charge in [0, 0.05) is 18.8 Å². The smallest absolute Gasteiger partial charge is 0.399 e. The Bertz CT molecular complexity index is 876. The minimum Gasteiger partial charge on any atom is -0.399 e. The first kappa shape index (κ1) is 20.0. The van der Waals surface area contributed by atoms with E-state index in [0.29, 0.717) is 11.5 Å². The lowest BCUT2D eigenvalue weighted by Gasteiger charge is -2.34. The second-order valence-corrected chi connectivity index (χ2v) is 9.17. The van der Waals surface area contributed by atoms with E-state index < -0.39 is 0 Å². The number of nitrogens with zero attached hydrogens (tertiary/aromatic N) is 2. The zero-order valence-corrected chi connectivity index (χ0v) is 17.8. The van der Waals surface area contributed by atoms with Gasteiger partial charge in [-0.05, 0) is 81.7 Å². The van der Waals surface area contributed by atoms with Crippen LogP contribution in [0.5, 0.6) is 0 Å². The summed E-state index contributed by atoms with van der Waals surface area (Å²) in [6.45, 7) is 10.4. The van der Waals surface area contributed by atoms with E-state index in [1.165, 1.54) is 11.3 Å². The van der Waals surface area contributed by atoms with E-state index in [0.717, 1.165) is 31.4 Å². The molecule has 0 aliphatic carbocycles. The lowest BCUT2D eigenvalue weighted by molar-refractivity contribution is 0.00578. The molecule has 29 heavy (non-hydrogen) atoms. The fourth-order valence-corrected chi connectivity index (χ4v) is 4.12. The standard InChI is InChI=1S/C24H29BN2O2/c1-23(2)24(3,4)29-25(28-23)21-9-7-19(8-10-21)20-13-15-27(16-14-20)22-11-5-18(17-26)6-12-22/h5-12,20H,13-16H2,1-4H3. The highest BCUT2D eigenvalue weighted by Gasteiger charge is 2.51. The van der Waals surface area contributed by atoms with E-state index in [4.69, 9.17) is 14.6 Å². The molecule has 2 saturated heterocycles. The first-order valence-corrected chi connectivity index (χ1v) is 10.5. The van der Waals surface area contributed by atoms with Crippen molar-refractivity contribution in [1.29, 1.82) is 5.26 Å². The predicted octanol–water partition coefficient (Wildman–Crippen LogP) is 4.24. The van der Waals surface area contributed by atoms with Crippen LogP contribution < -0.4 is 10.4 Å². The molecule has 0 atom stereocenters. The molecule has 4 nitrogen and oxygen atoms in total.